The van der Waals surface area contributed by atoms with Crippen LogP contribution >= 0.6 is 0 Å². The summed E-state index contributed by atoms with van der Waals surface area (Å²) in [5, 5.41) is 13.0. The number of carboxylic acids is 1. The van der Waals surface area contributed by atoms with Gasteiger partial charge in [-0.15, -0.1) is 0 Å². The van der Waals surface area contributed by atoms with E-state index in [1.165, 1.54) is 4.57 Å². The topological polar surface area (TPSA) is 276 Å². The summed E-state index contributed by atoms with van der Waals surface area (Å²) in [6.07, 6.45) is -0.756. The van der Waals surface area contributed by atoms with Gasteiger partial charge in [0.05, 0.1) is 81.5 Å². The van der Waals surface area contributed by atoms with Gasteiger partial charge in [-0.05, 0) is 43.4 Å². The predicted octanol–water partition coefficient (Wildman–Crippen LogP) is 1.33. The number of ether oxygens (including phenoxy) is 7. The fourth-order valence-corrected chi connectivity index (χ4v) is 8.26. The van der Waals surface area contributed by atoms with E-state index in [1.54, 1.807) is 32.9 Å². The van der Waals surface area contributed by atoms with Crippen molar-refractivity contribution in [2.24, 2.45) is 16.6 Å². The van der Waals surface area contributed by atoms with Crippen molar-refractivity contribution in [2.45, 2.75) is 83.7 Å². The summed E-state index contributed by atoms with van der Waals surface area (Å²) < 4.78 is 40.2. The Morgan fingerprint density at radius 3 is 2.38 bits per heavy atom. The predicted molar refractivity (Wildman–Crippen MR) is 227 cm³/mol. The molecule has 7 rings (SSSR count). The molecular formula is C44H52N6O15. The smallest absolute Gasteiger partial charge is 0.355 e. The summed E-state index contributed by atoms with van der Waals surface area (Å²) in [5.41, 5.74) is 4.80. The molecule has 6 heterocycles. The number of nitrogens with zero attached hydrogens (tertiary/aromatic N) is 4. The second-order valence-electron chi connectivity index (χ2n) is 16.2. The van der Waals surface area contributed by atoms with Crippen molar-refractivity contribution < 1.29 is 67.0 Å². The summed E-state index contributed by atoms with van der Waals surface area (Å²) >= 11 is 0. The maximum absolute atomic E-state index is 14.3. The lowest BCUT2D eigenvalue weighted by molar-refractivity contribution is -0.191. The zero-order valence-corrected chi connectivity index (χ0v) is 36.4. The second kappa shape index (κ2) is 20.3. The van der Waals surface area contributed by atoms with Crippen molar-refractivity contribution in [2.75, 3.05) is 59.5 Å². The molecule has 348 valence electrons. The maximum Gasteiger partial charge on any atom is 0.355 e. The summed E-state index contributed by atoms with van der Waals surface area (Å²) in [6.45, 7) is 6.74. The number of carbonyl (C=O) groups excluding carboxylic acids is 5. The number of cyclic esters (lactones) is 1. The number of fused-ring (bicyclic) bond motifs is 6. The lowest BCUT2D eigenvalue weighted by Crippen LogP contribution is -2.56. The number of pyridine rings is 2. The quantitative estimate of drug-likeness (QED) is 0.0641. The summed E-state index contributed by atoms with van der Waals surface area (Å²) in [5.74, 6) is -5.28. The number of hydrogen-bond acceptors (Lipinski definition) is 16. The molecule has 4 aliphatic heterocycles. The number of amides is 3. The van der Waals surface area contributed by atoms with Crippen molar-refractivity contribution in [3.8, 4) is 22.9 Å². The number of esters is 2. The molecule has 0 spiro atoms. The van der Waals surface area contributed by atoms with Gasteiger partial charge in [-0.25, -0.2) is 19.6 Å². The van der Waals surface area contributed by atoms with Crippen LogP contribution in [0.5, 0.6) is 11.5 Å². The molecule has 0 unspecified atom stereocenters. The highest BCUT2D eigenvalue weighted by Gasteiger charge is 2.52. The zero-order valence-electron chi connectivity index (χ0n) is 36.4. The molecule has 3 amide bonds. The molecule has 0 bridgehead atoms. The number of carbonyl (C=O) groups is 6. The van der Waals surface area contributed by atoms with Crippen LogP contribution in [0.1, 0.15) is 69.6 Å². The number of benzene rings is 1. The minimum absolute atomic E-state index is 0.0422. The van der Waals surface area contributed by atoms with Crippen molar-refractivity contribution in [3.05, 3.63) is 51.3 Å². The van der Waals surface area contributed by atoms with E-state index in [1.807, 2.05) is 12.1 Å². The van der Waals surface area contributed by atoms with Crippen LogP contribution in [-0.2, 0) is 71.2 Å². The van der Waals surface area contributed by atoms with E-state index in [2.05, 4.69) is 10.3 Å². The van der Waals surface area contributed by atoms with Crippen molar-refractivity contribution in [1.82, 2.24) is 19.8 Å². The molecule has 0 saturated carbocycles. The third-order valence-corrected chi connectivity index (χ3v) is 11.6. The van der Waals surface area contributed by atoms with Gasteiger partial charge in [0.15, 0.2) is 11.5 Å². The van der Waals surface area contributed by atoms with Crippen LogP contribution in [0.3, 0.4) is 0 Å². The van der Waals surface area contributed by atoms with Gasteiger partial charge in [0.1, 0.15) is 24.4 Å². The number of aliphatic imine (C=N–C) groups is 1. The number of carboxylic acid groups (broad SMARTS) is 1. The Balaban J connectivity index is 1.05. The zero-order chi connectivity index (χ0) is 46.4. The van der Waals surface area contributed by atoms with Crippen LogP contribution in [0.25, 0.3) is 22.3 Å². The van der Waals surface area contributed by atoms with E-state index in [4.69, 9.17) is 43.9 Å². The normalized spacial score (nSPS) is 18.8. The molecule has 21 heteroatoms. The highest BCUT2D eigenvalue weighted by Crippen LogP contribution is 2.43. The second-order valence-corrected chi connectivity index (χ2v) is 16.2. The Bertz CT molecular complexity index is 2470. The molecule has 1 fully saturated rings. The van der Waals surface area contributed by atoms with Crippen LogP contribution in [-0.4, -0.2) is 133 Å². The largest absolute Gasteiger partial charge is 0.481 e. The van der Waals surface area contributed by atoms with Gasteiger partial charge in [-0.2, -0.15) is 0 Å². The van der Waals surface area contributed by atoms with Gasteiger partial charge < -0.3 is 58.8 Å². The Morgan fingerprint density at radius 2 is 1.69 bits per heavy atom. The standard InChI is InChI=1S/C44H52N6O15/c1-4-44(28-18-32-38-26(21-50(32)40(55)27(28)22-62-43(44)58)16-25-17-33-34(64-23-63-33)19-29(25)47-38)65-42(57)37(24(2)3)48-39(54)31-6-5-9-49(31)41(56)30(20-36(52)53)46-35(51)7-10-59-12-14-61-15-13-60-11-8-45/h16-19,24,31,37H,4-15,20-23,45H2,1-3H3,(H,48,54)(H,52,53)/t31-,37-,44-/m0/s1. The number of aromatic nitrogens is 2. The number of aliphatic carboxylic acids is 1. The lowest BCUT2D eigenvalue weighted by Gasteiger charge is -2.37. The van der Waals surface area contributed by atoms with E-state index in [0.29, 0.717) is 61.2 Å². The van der Waals surface area contributed by atoms with Crippen molar-refractivity contribution in [1.29, 1.82) is 0 Å². The van der Waals surface area contributed by atoms with E-state index in [9.17, 15) is 38.7 Å². The van der Waals surface area contributed by atoms with Gasteiger partial charge in [0.25, 0.3) is 11.5 Å². The highest BCUT2D eigenvalue weighted by atomic mass is 16.7. The molecule has 0 aliphatic carbocycles. The Kier molecular flexibility index (Phi) is 14.6. The first-order chi connectivity index (χ1) is 31.3. The average molecular weight is 905 g/mol. The average Bonchev–Trinajstić information content (AvgIpc) is 4.04. The molecule has 65 heavy (non-hydrogen) atoms. The monoisotopic (exact) mass is 904 g/mol. The van der Waals surface area contributed by atoms with Gasteiger partial charge in [0.2, 0.25) is 24.2 Å². The molecule has 21 nitrogen and oxygen atoms in total. The van der Waals surface area contributed by atoms with E-state index >= 15 is 0 Å². The number of nitrogens with one attached hydrogen (secondary N) is 1. The van der Waals surface area contributed by atoms with Gasteiger partial charge in [-0.1, -0.05) is 20.8 Å². The fraction of sp³-hybridized carbons (Fsp3) is 0.523. The molecule has 3 aromatic rings. The molecule has 1 saturated heterocycles. The number of likely N-dealkylation sites (tertiary alicyclic amines) is 1. The summed E-state index contributed by atoms with van der Waals surface area (Å²) in [6, 6.07) is 4.58. The molecular weight excluding hydrogens is 853 g/mol. The lowest BCUT2D eigenvalue weighted by atomic mass is 9.85. The first kappa shape index (κ1) is 46.7. The Morgan fingerprint density at radius 1 is 0.985 bits per heavy atom. The molecule has 4 N–H and O–H groups in total. The van der Waals surface area contributed by atoms with E-state index < -0.39 is 76.9 Å². The SMILES string of the molecule is CC[C@@]1(OC(=O)[C@@H](NC(=O)[C@@H]2CCCN2C(=O)C(CC(=O)O)=NC(=O)CCOCCOCCOCCN)C(C)C)C(=O)OCc2c1cc1n(c2=O)Cc2cc3cc4c(cc3nc2-1)OCO4. The van der Waals surface area contributed by atoms with Crippen molar-refractivity contribution >= 4 is 52.2 Å². The molecule has 4 aliphatic rings. The third kappa shape index (κ3) is 9.87. The third-order valence-electron chi connectivity index (χ3n) is 11.6. The van der Waals surface area contributed by atoms with Gasteiger partial charge in [-0.3, -0.25) is 24.0 Å². The van der Waals surface area contributed by atoms with Crippen LogP contribution in [0, 0.1) is 5.92 Å². The van der Waals surface area contributed by atoms with Crippen LogP contribution in [0.15, 0.2) is 34.1 Å². The molecule has 0 radical (unpaired) electrons. The van der Waals surface area contributed by atoms with E-state index in [-0.39, 0.29) is 76.7 Å². The minimum atomic E-state index is -2.08. The Labute approximate surface area is 372 Å². The highest BCUT2D eigenvalue weighted by molar-refractivity contribution is 6.43. The van der Waals surface area contributed by atoms with Gasteiger partial charge >= 0.3 is 17.9 Å². The summed E-state index contributed by atoms with van der Waals surface area (Å²) in [4.78, 5) is 104. The fourth-order valence-electron chi connectivity index (χ4n) is 8.26. The number of rotatable bonds is 20. The van der Waals surface area contributed by atoms with Crippen LogP contribution in [0.4, 0.5) is 0 Å². The van der Waals surface area contributed by atoms with E-state index in [0.717, 1.165) is 15.8 Å². The Hall–Kier alpha value is -6.29. The summed E-state index contributed by atoms with van der Waals surface area (Å²) in [7, 11) is 0. The molecule has 1 aromatic carbocycles. The first-order valence-corrected chi connectivity index (χ1v) is 21.5. The molecule has 3 atom stereocenters. The maximum atomic E-state index is 14.3. The molecule has 2 aromatic heterocycles. The van der Waals surface area contributed by atoms with Crippen LogP contribution in [0.2, 0.25) is 0 Å². The van der Waals surface area contributed by atoms with Gasteiger partial charge in [0, 0.05) is 35.7 Å². The first-order valence-electron chi connectivity index (χ1n) is 21.5. The van der Waals surface area contributed by atoms with Crippen molar-refractivity contribution in [3.63, 3.8) is 0 Å². The number of hydrogen-bond donors (Lipinski definition) is 3. The van der Waals surface area contributed by atoms with Crippen LogP contribution < -0.4 is 26.1 Å². The number of nitrogens with two attached hydrogens (primary N) is 1. The minimum Gasteiger partial charge on any atom is -0.481 e.